The van der Waals surface area contributed by atoms with Crippen LogP contribution in [0.2, 0.25) is 0 Å². The Balaban J connectivity index is 0. The number of rotatable bonds is 4. The van der Waals surface area contributed by atoms with Crippen LogP contribution in [0.25, 0.3) is 11.0 Å². The van der Waals surface area contributed by atoms with Gasteiger partial charge in [0.15, 0.2) is 11.1 Å². The van der Waals surface area contributed by atoms with Gasteiger partial charge in [0.1, 0.15) is 0 Å². The van der Waals surface area contributed by atoms with Crippen LogP contribution < -0.4 is 15.3 Å². The van der Waals surface area contributed by atoms with Crippen molar-refractivity contribution in [3.8, 4) is 0 Å². The minimum atomic E-state index is -5.46. The van der Waals surface area contributed by atoms with Crippen molar-refractivity contribution in [2.45, 2.75) is 75.8 Å². The number of aromatic nitrogens is 2. The number of nitrogens with zero attached hydrogens (tertiary/aromatic N) is 3. The third-order valence-electron chi connectivity index (χ3n) is 6.65. The molecule has 0 bridgehead atoms. The summed E-state index contributed by atoms with van der Waals surface area (Å²) in [5.74, 6) is -16.0. The molecule has 0 atom stereocenters. The zero-order valence-corrected chi connectivity index (χ0v) is 31.2. The number of aliphatic imine (C=N–C) groups is 1. The molecule has 11 nitrogen and oxygen atoms in total. The van der Waals surface area contributed by atoms with Crippen LogP contribution in [0.15, 0.2) is 64.8 Å². The van der Waals surface area contributed by atoms with Gasteiger partial charge >= 0.3 is 82.8 Å². The molecule has 0 radical (unpaired) electrons. The number of carbonyl (C=O) groups excluding carboxylic acids is 3. The topological polar surface area (TPSA) is 182 Å². The first-order valence-corrected chi connectivity index (χ1v) is 14.2. The minimum Gasteiger partial charge on any atom is -0.869 e. The summed E-state index contributed by atoms with van der Waals surface area (Å²) in [4.78, 5) is 54.1. The number of amidine groups is 1. The third-order valence-corrected chi connectivity index (χ3v) is 6.65. The number of hydrogen-bond acceptors (Lipinski definition) is 9. The van der Waals surface area contributed by atoms with E-state index in [0.717, 1.165) is 15.8 Å². The quantitative estimate of drug-likeness (QED) is 0.182. The van der Waals surface area contributed by atoms with Crippen LogP contribution in [-0.2, 0) is 14.4 Å². The van der Waals surface area contributed by atoms with Crippen molar-refractivity contribution in [2.24, 2.45) is 4.99 Å². The maximum atomic E-state index is 12.4. The van der Waals surface area contributed by atoms with Gasteiger partial charge in [0, 0.05) is 0 Å². The Morgan fingerprint density at radius 1 is 0.593 bits per heavy atom. The molecule has 0 aliphatic carbocycles. The molecule has 0 saturated heterocycles. The number of H-pyrrole nitrogens is 1. The largest absolute Gasteiger partial charge is 2.00 e. The van der Waals surface area contributed by atoms with Crippen molar-refractivity contribution in [3.05, 3.63) is 70.5 Å². The second-order valence-corrected chi connectivity index (χ2v) is 11.6. The summed E-state index contributed by atoms with van der Waals surface area (Å²) >= 11 is 0. The van der Waals surface area contributed by atoms with Gasteiger partial charge in [-0.3, -0.25) is 14.4 Å². The van der Waals surface area contributed by atoms with Gasteiger partial charge in [-0.05, 0) is 80.1 Å². The number of carbonyl (C=O) groups is 3. The van der Waals surface area contributed by atoms with Crippen LogP contribution in [0.5, 0.6) is 0 Å². The number of imidazole rings is 1. The Morgan fingerprint density at radius 3 is 1.14 bits per heavy atom. The number of ketones is 3. The van der Waals surface area contributed by atoms with Crippen molar-refractivity contribution in [1.29, 1.82) is 0 Å². The van der Waals surface area contributed by atoms with Gasteiger partial charge in [-0.15, -0.1) is 0 Å². The van der Waals surface area contributed by atoms with E-state index in [1.54, 1.807) is 0 Å². The molecule has 0 fully saturated rings. The fourth-order valence-electron chi connectivity index (χ4n) is 3.02. The van der Waals surface area contributed by atoms with Gasteiger partial charge in [0.25, 0.3) is 17.3 Å². The Bertz CT molecular complexity index is 1810. The van der Waals surface area contributed by atoms with Gasteiger partial charge in [0.05, 0.1) is 11.0 Å². The summed E-state index contributed by atoms with van der Waals surface area (Å²) in [6.45, 7) is 7.74. The minimum absolute atomic E-state index is 0. The van der Waals surface area contributed by atoms with Gasteiger partial charge in [0.2, 0.25) is 5.82 Å². The smallest absolute Gasteiger partial charge is 0.869 e. The normalized spacial score (nSPS) is 16.3. The van der Waals surface area contributed by atoms with Crippen LogP contribution >= 0.6 is 0 Å². The molecule has 1 aromatic carbocycles. The first-order chi connectivity index (χ1) is 25.5. The Kier molecular flexibility index (Phi) is 19.1. The summed E-state index contributed by atoms with van der Waals surface area (Å²) in [7, 11) is 0. The number of nitrogens with one attached hydrogen (secondary N) is 1. The molecular weight excluding hydrogens is 1020 g/mol. The van der Waals surface area contributed by atoms with E-state index >= 15 is 0 Å². The fourth-order valence-corrected chi connectivity index (χ4v) is 3.02. The van der Waals surface area contributed by atoms with E-state index in [9.17, 15) is 114 Å². The average molecular weight is 1040 g/mol. The molecular formula is C29H20F18GdN4O7. The van der Waals surface area contributed by atoms with Crippen molar-refractivity contribution in [3.63, 3.8) is 0 Å². The van der Waals surface area contributed by atoms with E-state index in [2.05, 4.69) is 15.0 Å². The fraction of sp³-hybridized carbons (Fsp3) is 0.414. The number of benzene rings is 1. The summed E-state index contributed by atoms with van der Waals surface area (Å²) < 4.78 is 204. The Morgan fingerprint density at radius 2 is 0.898 bits per heavy atom. The second kappa shape index (κ2) is 19.8. The Hall–Kier alpha value is -4.35. The maximum Gasteiger partial charge on any atom is 2.00 e. The maximum absolute atomic E-state index is 12.4. The summed E-state index contributed by atoms with van der Waals surface area (Å²) in [6, 6.07) is 7.71. The summed E-state index contributed by atoms with van der Waals surface area (Å²) in [5, 5.41) is 29.5. The van der Waals surface area contributed by atoms with Crippen molar-refractivity contribution in [1.82, 2.24) is 9.97 Å². The average Bonchev–Trinajstić information content (AvgIpc) is 3.51. The van der Waals surface area contributed by atoms with Crippen LogP contribution in [0.1, 0.15) is 33.5 Å². The van der Waals surface area contributed by atoms with E-state index < -0.39 is 101 Å². The van der Waals surface area contributed by atoms with E-state index in [4.69, 9.17) is 0 Å². The van der Waals surface area contributed by atoms with Crippen LogP contribution in [0.4, 0.5) is 79.0 Å². The molecule has 59 heavy (non-hydrogen) atoms. The van der Waals surface area contributed by atoms with E-state index in [1.807, 2.05) is 52.0 Å². The monoisotopic (exact) mass is 1040 g/mol. The zero-order chi connectivity index (χ0) is 46.4. The molecule has 1 aliphatic rings. The van der Waals surface area contributed by atoms with Gasteiger partial charge in [-0.25, -0.2) is 4.98 Å². The molecule has 3 rings (SSSR count). The molecule has 332 valence electrons. The zero-order valence-electron chi connectivity index (χ0n) is 28.9. The first kappa shape index (κ1) is 56.8. The summed E-state index contributed by atoms with van der Waals surface area (Å²) in [5.41, 5.74) is 0.733. The van der Waals surface area contributed by atoms with Crippen molar-refractivity contribution >= 4 is 34.2 Å². The molecule has 0 spiro atoms. The van der Waals surface area contributed by atoms with Gasteiger partial charge in [-0.2, -0.15) is 79.0 Å². The molecule has 0 saturated carbocycles. The molecule has 2 heterocycles. The van der Waals surface area contributed by atoms with E-state index in [0.29, 0.717) is 11.7 Å². The van der Waals surface area contributed by atoms with Crippen molar-refractivity contribution < 1.29 is 153 Å². The number of para-hydroxylation sites is 2. The third kappa shape index (κ3) is 17.4. The molecule has 0 unspecified atom stereocenters. The number of fused-ring (bicyclic) bond motifs is 1. The van der Waals surface area contributed by atoms with Gasteiger partial charge < -0.3 is 20.3 Å². The molecule has 1 aromatic heterocycles. The number of nitroso groups, excluding NO2 is 1. The number of alkyl halides is 18. The number of aromatic amines is 1. The van der Waals surface area contributed by atoms with Crippen molar-refractivity contribution in [2.75, 3.05) is 0 Å². The standard InChI is InChI=1S/C14H17N4O.3C5H2F6O2.Gd/c1-13(2)14(3,4)18(19)12(17-13)11-15-9-7-5-6-8-10(9)16-11;3*6-4(7,8)2(12)1-3(13)5(9,10)11;/h5-8H,1-4H3,(H,15,16);3*1,12H;/q+1;;;;+2/p-3/b;3*2-1-;. The van der Waals surface area contributed by atoms with Crippen LogP contribution in [-0.4, -0.2) is 86.0 Å². The predicted molar refractivity (Wildman–Crippen MR) is 150 cm³/mol. The van der Waals surface area contributed by atoms with E-state index in [-0.39, 0.29) is 39.9 Å². The number of allylic oxidation sites excluding steroid dienone is 6. The van der Waals surface area contributed by atoms with Gasteiger partial charge in [-0.1, -0.05) is 22.0 Å². The van der Waals surface area contributed by atoms with E-state index in [1.165, 1.54) is 0 Å². The first-order valence-electron chi connectivity index (χ1n) is 14.2. The van der Waals surface area contributed by atoms with Crippen LogP contribution in [0, 0.1) is 44.8 Å². The van der Waals surface area contributed by atoms with Crippen LogP contribution in [0.3, 0.4) is 0 Å². The predicted octanol–water partition coefficient (Wildman–Crippen LogP) is 5.43. The SMILES string of the molecule is CC1(C)N=C(c2nc3ccccc3[nH]2)[N+](=O)C1(C)C.O=C(/C=C(\[O-])C(F)(F)F)C(F)(F)F.O=C(/C=C(\[O-])C(F)(F)F)C(F)(F)F.O=C(/C=C(\[O-])C(F)(F)F)C(F)(F)F.[Gd+2]. The number of hydrogen-bond donors (Lipinski definition) is 1. The molecule has 2 aromatic rings. The number of halogens is 18. The molecule has 1 N–H and O–H groups in total. The molecule has 30 heteroatoms. The summed E-state index contributed by atoms with van der Waals surface area (Å²) in [6.07, 6.45) is -35.8. The second-order valence-electron chi connectivity index (χ2n) is 11.6. The molecule has 0 amide bonds. The Labute approximate surface area is 347 Å². The molecule has 1 aliphatic heterocycles.